The maximum Gasteiger partial charge on any atom is 0.335 e. The lowest BCUT2D eigenvalue weighted by atomic mass is 9.99. The number of carboxylic acids is 1. The third-order valence-corrected chi connectivity index (χ3v) is 11.3. The van der Waals surface area contributed by atoms with Crippen LogP contribution in [0.3, 0.4) is 0 Å². The molecular weight excluding hydrogens is 777 g/mol. The number of aliphatic carboxylic acids is 1. The van der Waals surface area contributed by atoms with Crippen molar-refractivity contribution in [1.29, 1.82) is 0 Å². The van der Waals surface area contributed by atoms with Gasteiger partial charge in [0.2, 0.25) is 0 Å². The molecule has 0 aromatic heterocycles. The predicted molar refractivity (Wildman–Crippen MR) is 243 cm³/mol. The molecule has 1 aliphatic rings. The molecule has 0 amide bonds. The minimum absolute atomic E-state index is 0.180. The zero-order valence-corrected chi connectivity index (χ0v) is 38.4. The van der Waals surface area contributed by atoms with Crippen molar-refractivity contribution in [1.82, 2.24) is 0 Å². The molecule has 1 heterocycles. The summed E-state index contributed by atoms with van der Waals surface area (Å²) in [6.45, 7) is 3.69. The number of carbonyl (C=O) groups excluding carboxylic acids is 2. The van der Waals surface area contributed by atoms with Gasteiger partial charge in [0.15, 0.2) is 18.5 Å². The number of aliphatic hydroxyl groups is 3. The number of ether oxygens (including phenoxy) is 4. The summed E-state index contributed by atoms with van der Waals surface area (Å²) in [7, 11) is 0. The van der Waals surface area contributed by atoms with Crippen LogP contribution in [0.25, 0.3) is 0 Å². The smallest absolute Gasteiger partial charge is 0.335 e. The van der Waals surface area contributed by atoms with Gasteiger partial charge < -0.3 is 39.4 Å². The summed E-state index contributed by atoms with van der Waals surface area (Å²) in [5, 5.41) is 39.9. The summed E-state index contributed by atoms with van der Waals surface area (Å²) in [5.41, 5.74) is 0. The second kappa shape index (κ2) is 40.2. The number of hydrogen-bond donors (Lipinski definition) is 4. The van der Waals surface area contributed by atoms with Gasteiger partial charge in [0.05, 0.1) is 6.61 Å². The molecule has 61 heavy (non-hydrogen) atoms. The van der Waals surface area contributed by atoms with Crippen molar-refractivity contribution in [3.63, 3.8) is 0 Å². The third-order valence-electron chi connectivity index (χ3n) is 11.3. The van der Waals surface area contributed by atoms with Crippen LogP contribution in [0.4, 0.5) is 0 Å². The van der Waals surface area contributed by atoms with E-state index < -0.39 is 61.3 Å². The van der Waals surface area contributed by atoms with Gasteiger partial charge in [0.1, 0.15) is 24.9 Å². The second-order valence-corrected chi connectivity index (χ2v) is 16.9. The molecule has 0 aromatic rings. The molecule has 0 aliphatic carbocycles. The van der Waals surface area contributed by atoms with Gasteiger partial charge >= 0.3 is 17.9 Å². The quantitative estimate of drug-likeness (QED) is 0.0262. The van der Waals surface area contributed by atoms with E-state index in [1.807, 2.05) is 0 Å². The number of rotatable bonds is 41. The van der Waals surface area contributed by atoms with Crippen LogP contribution in [0.2, 0.25) is 0 Å². The van der Waals surface area contributed by atoms with Gasteiger partial charge in [-0.3, -0.25) is 9.59 Å². The van der Waals surface area contributed by atoms with E-state index in [2.05, 4.69) is 50.3 Å². The largest absolute Gasteiger partial charge is 0.479 e. The van der Waals surface area contributed by atoms with E-state index in [1.54, 1.807) is 0 Å². The summed E-state index contributed by atoms with van der Waals surface area (Å²) < 4.78 is 21.7. The molecule has 6 unspecified atom stereocenters. The number of hydrogen-bond acceptors (Lipinski definition) is 10. The molecule has 4 N–H and O–H groups in total. The molecule has 1 rings (SSSR count). The minimum Gasteiger partial charge on any atom is -0.479 e. The Morgan fingerprint density at radius 2 is 0.967 bits per heavy atom. The summed E-state index contributed by atoms with van der Waals surface area (Å²) in [6.07, 6.45) is 37.8. The summed E-state index contributed by atoms with van der Waals surface area (Å²) in [6, 6.07) is 0. The van der Waals surface area contributed by atoms with Crippen LogP contribution in [0, 0.1) is 0 Å². The van der Waals surface area contributed by atoms with E-state index >= 15 is 0 Å². The van der Waals surface area contributed by atoms with Crippen molar-refractivity contribution >= 4 is 17.9 Å². The van der Waals surface area contributed by atoms with Crippen molar-refractivity contribution in [3.8, 4) is 0 Å². The Kier molecular flexibility index (Phi) is 37.2. The van der Waals surface area contributed by atoms with Crippen LogP contribution in [-0.4, -0.2) is 88.4 Å². The highest BCUT2D eigenvalue weighted by Gasteiger charge is 2.47. The molecule has 354 valence electrons. The average molecular weight is 865 g/mol. The fourth-order valence-electron chi connectivity index (χ4n) is 7.42. The number of esters is 2. The highest BCUT2D eigenvalue weighted by molar-refractivity contribution is 5.73. The molecule has 0 radical (unpaired) electrons. The summed E-state index contributed by atoms with van der Waals surface area (Å²) >= 11 is 0. The lowest BCUT2D eigenvalue weighted by Crippen LogP contribution is -2.60. The number of carbonyl (C=O) groups is 3. The molecule has 6 atom stereocenters. The van der Waals surface area contributed by atoms with E-state index in [9.17, 15) is 34.8 Å². The molecule has 0 saturated carbocycles. The Balaban J connectivity index is 2.29. The van der Waals surface area contributed by atoms with Crippen LogP contribution in [0.15, 0.2) is 36.5 Å². The average Bonchev–Trinajstić information content (AvgIpc) is 3.24. The lowest BCUT2D eigenvalue weighted by molar-refractivity contribution is -0.298. The molecule has 1 aliphatic heterocycles. The molecular formula is C50H88O11. The van der Waals surface area contributed by atoms with Crippen molar-refractivity contribution in [2.45, 2.75) is 250 Å². The van der Waals surface area contributed by atoms with Crippen molar-refractivity contribution in [3.05, 3.63) is 36.5 Å². The maximum atomic E-state index is 12.8. The number of carboxylic acid groups (broad SMARTS) is 1. The minimum atomic E-state index is -1.86. The molecule has 0 spiro atoms. The van der Waals surface area contributed by atoms with Crippen LogP contribution < -0.4 is 0 Å². The summed E-state index contributed by atoms with van der Waals surface area (Å²) in [5.74, 6) is -2.47. The summed E-state index contributed by atoms with van der Waals surface area (Å²) in [4.78, 5) is 36.9. The standard InChI is InChI=1S/C50H88O11/c1-3-5-7-9-11-13-15-17-18-19-20-21-22-23-24-25-27-29-31-33-35-37-39-44(52)60-42(41-59-50-47(55)45(53)46(54)48(61-50)49(56)57)40-58-43(51)38-36-34-32-30-28-26-16-14-12-10-8-6-4-2/h6,8,12,14,26,28,42,45-48,50,53-55H,3-5,7,9-11,13,15-25,27,29-41H2,1-2H3,(H,56,57)/b8-6-,14-12-,28-26-. The first-order valence-electron chi connectivity index (χ1n) is 24.5. The van der Waals surface area contributed by atoms with Crippen molar-refractivity contribution in [2.24, 2.45) is 0 Å². The Hall–Kier alpha value is -2.57. The van der Waals surface area contributed by atoms with Gasteiger partial charge in [-0.15, -0.1) is 0 Å². The van der Waals surface area contributed by atoms with E-state index in [1.165, 1.54) is 116 Å². The third kappa shape index (κ3) is 31.9. The van der Waals surface area contributed by atoms with Gasteiger partial charge in [0.25, 0.3) is 0 Å². The zero-order valence-electron chi connectivity index (χ0n) is 38.4. The molecule has 0 aromatic carbocycles. The Morgan fingerprint density at radius 1 is 0.525 bits per heavy atom. The molecule has 1 saturated heterocycles. The fourth-order valence-corrected chi connectivity index (χ4v) is 7.42. The van der Waals surface area contributed by atoms with Crippen molar-refractivity contribution in [2.75, 3.05) is 13.2 Å². The second-order valence-electron chi connectivity index (χ2n) is 16.9. The van der Waals surface area contributed by atoms with Gasteiger partial charge in [-0.25, -0.2) is 4.79 Å². The first kappa shape index (κ1) is 56.4. The van der Waals surface area contributed by atoms with E-state index in [0.717, 1.165) is 57.8 Å². The van der Waals surface area contributed by atoms with Crippen LogP contribution in [0.5, 0.6) is 0 Å². The number of unbranched alkanes of at least 4 members (excludes halogenated alkanes) is 24. The lowest BCUT2D eigenvalue weighted by Gasteiger charge is -2.38. The van der Waals surface area contributed by atoms with Gasteiger partial charge in [-0.1, -0.05) is 192 Å². The highest BCUT2D eigenvalue weighted by Crippen LogP contribution is 2.23. The van der Waals surface area contributed by atoms with Crippen LogP contribution in [-0.2, 0) is 33.3 Å². The molecule has 11 nitrogen and oxygen atoms in total. The molecule has 11 heteroatoms. The predicted octanol–water partition coefficient (Wildman–Crippen LogP) is 11.2. The van der Waals surface area contributed by atoms with Crippen LogP contribution in [0.1, 0.15) is 213 Å². The highest BCUT2D eigenvalue weighted by atomic mass is 16.7. The van der Waals surface area contributed by atoms with E-state index in [4.69, 9.17) is 18.9 Å². The number of allylic oxidation sites excluding steroid dienone is 6. The van der Waals surface area contributed by atoms with Gasteiger partial charge in [-0.2, -0.15) is 0 Å². The first-order valence-corrected chi connectivity index (χ1v) is 24.5. The zero-order chi connectivity index (χ0) is 44.6. The maximum absolute atomic E-state index is 12.8. The monoisotopic (exact) mass is 865 g/mol. The van der Waals surface area contributed by atoms with Gasteiger partial charge in [-0.05, 0) is 44.9 Å². The SMILES string of the molecule is CC/C=C\C/C=C\C/C=C\CCCCCC(=O)OCC(COC1OC(C(=O)O)C(O)C(O)C1O)OC(=O)CCCCCCCCCCCCCCCCCCCCCCCC. The fraction of sp³-hybridized carbons (Fsp3) is 0.820. The van der Waals surface area contributed by atoms with Crippen LogP contribution >= 0.6 is 0 Å². The Morgan fingerprint density at radius 3 is 1.46 bits per heavy atom. The Bertz CT molecular complexity index is 1150. The van der Waals surface area contributed by atoms with Gasteiger partial charge in [0, 0.05) is 12.8 Å². The molecule has 0 bridgehead atoms. The first-order chi connectivity index (χ1) is 29.7. The normalized spacial score (nSPS) is 19.9. The number of aliphatic hydroxyl groups excluding tert-OH is 3. The van der Waals surface area contributed by atoms with E-state index in [0.29, 0.717) is 12.8 Å². The Labute approximate surface area is 370 Å². The van der Waals surface area contributed by atoms with Crippen molar-refractivity contribution < 1.29 is 53.8 Å². The molecule has 1 fully saturated rings. The van der Waals surface area contributed by atoms with E-state index in [-0.39, 0.29) is 19.4 Å². The topological polar surface area (TPSA) is 169 Å².